The van der Waals surface area contributed by atoms with Crippen molar-refractivity contribution in [3.63, 3.8) is 0 Å². The number of halogens is 3. The Bertz CT molecular complexity index is 1800. The second kappa shape index (κ2) is 10.4. The van der Waals surface area contributed by atoms with Gasteiger partial charge in [0.15, 0.2) is 21.2 Å². The fourth-order valence-electron chi connectivity index (χ4n) is 7.67. The average molecular weight is 650 g/mol. The standard InChI is InChI=1S/C34H27Cl2FN2O6/c1-45-25-9-5-8-23(28(25)40)27-21-14-15-22-26(30(42)38(29(22)41)17-18-6-3-2-4-7-18)24(21)16-33(35)31(43)39(32(44)34(27,33)36)20-12-10-19(37)11-13-20/h2-14,22,24,26-27,40H,15-17H2,1H3. The topological polar surface area (TPSA) is 104 Å². The van der Waals surface area contributed by atoms with Gasteiger partial charge in [0.25, 0.3) is 11.8 Å². The van der Waals surface area contributed by atoms with Crippen molar-refractivity contribution in [1.82, 2.24) is 4.90 Å². The number of carbonyl (C=O) groups is 4. The highest BCUT2D eigenvalue weighted by Gasteiger charge is 2.77. The third kappa shape index (κ3) is 4.03. The van der Waals surface area contributed by atoms with Gasteiger partial charge < -0.3 is 9.84 Å². The number of rotatable bonds is 5. The molecule has 45 heavy (non-hydrogen) atoms. The molecule has 230 valence electrons. The summed E-state index contributed by atoms with van der Waals surface area (Å²) >= 11 is 14.7. The van der Waals surface area contributed by atoms with Crippen LogP contribution < -0.4 is 9.64 Å². The molecule has 4 amide bonds. The molecule has 6 unspecified atom stereocenters. The maximum Gasteiger partial charge on any atom is 0.258 e. The minimum Gasteiger partial charge on any atom is -0.504 e. The highest BCUT2D eigenvalue weighted by Crippen LogP contribution is 2.66. The Morgan fingerprint density at radius 3 is 2.31 bits per heavy atom. The number of allylic oxidation sites excluding steroid dienone is 2. The molecule has 3 aromatic carbocycles. The number of hydrogen-bond acceptors (Lipinski definition) is 6. The van der Waals surface area contributed by atoms with Gasteiger partial charge >= 0.3 is 0 Å². The molecule has 1 N–H and O–H groups in total. The first kappa shape index (κ1) is 29.5. The van der Waals surface area contributed by atoms with E-state index in [4.69, 9.17) is 27.9 Å². The Hall–Kier alpha value is -4.21. The molecule has 6 atom stereocenters. The molecule has 3 fully saturated rings. The van der Waals surface area contributed by atoms with E-state index in [9.17, 15) is 28.7 Å². The number of anilines is 1. The van der Waals surface area contributed by atoms with Crippen LogP contribution in [0.15, 0.2) is 84.4 Å². The largest absolute Gasteiger partial charge is 0.504 e. The number of carbonyl (C=O) groups excluding carboxylic acids is 4. The molecule has 8 nitrogen and oxygen atoms in total. The van der Waals surface area contributed by atoms with Crippen LogP contribution in [0.4, 0.5) is 10.1 Å². The second-order valence-corrected chi connectivity index (χ2v) is 13.1. The van der Waals surface area contributed by atoms with E-state index in [-0.39, 0.29) is 48.0 Å². The molecule has 4 aliphatic rings. The van der Waals surface area contributed by atoms with Gasteiger partial charge in [0, 0.05) is 11.5 Å². The van der Waals surface area contributed by atoms with Gasteiger partial charge in [-0.3, -0.25) is 24.1 Å². The van der Waals surface area contributed by atoms with E-state index >= 15 is 0 Å². The first-order chi connectivity index (χ1) is 21.5. The van der Waals surface area contributed by atoms with Crippen LogP contribution in [-0.2, 0) is 25.7 Å². The predicted molar refractivity (Wildman–Crippen MR) is 163 cm³/mol. The highest BCUT2D eigenvalue weighted by atomic mass is 35.5. The van der Waals surface area contributed by atoms with E-state index in [0.29, 0.717) is 5.57 Å². The molecule has 2 heterocycles. The van der Waals surface area contributed by atoms with E-state index in [1.165, 1.54) is 30.2 Å². The Balaban J connectivity index is 1.39. The summed E-state index contributed by atoms with van der Waals surface area (Å²) in [5.41, 5.74) is 1.58. The number of fused-ring (bicyclic) bond motifs is 4. The summed E-state index contributed by atoms with van der Waals surface area (Å²) in [6, 6.07) is 18.7. The van der Waals surface area contributed by atoms with Gasteiger partial charge in [-0.25, -0.2) is 9.29 Å². The first-order valence-corrected chi connectivity index (χ1v) is 15.3. The Kier molecular flexibility index (Phi) is 6.83. The van der Waals surface area contributed by atoms with Crippen molar-refractivity contribution < 1.29 is 33.4 Å². The van der Waals surface area contributed by atoms with Gasteiger partial charge in [-0.05, 0) is 54.7 Å². The van der Waals surface area contributed by atoms with E-state index < -0.39 is 57.0 Å². The molecule has 0 radical (unpaired) electrons. The molecule has 1 saturated carbocycles. The molecule has 0 aromatic heterocycles. The Morgan fingerprint density at radius 2 is 1.62 bits per heavy atom. The number of para-hydroxylation sites is 1. The normalized spacial score (nSPS) is 30.6. The van der Waals surface area contributed by atoms with Gasteiger partial charge in [0.2, 0.25) is 11.8 Å². The number of phenols is 1. The molecule has 2 saturated heterocycles. The van der Waals surface area contributed by atoms with E-state index in [2.05, 4.69) is 0 Å². The summed E-state index contributed by atoms with van der Waals surface area (Å²) in [6.45, 7) is 0.0921. The van der Waals surface area contributed by atoms with Crippen molar-refractivity contribution in [2.24, 2.45) is 17.8 Å². The van der Waals surface area contributed by atoms with Gasteiger partial charge in [-0.15, -0.1) is 23.2 Å². The number of phenolic OH excluding ortho intramolecular Hbond substituents is 1. The number of likely N-dealkylation sites (tertiary alicyclic amines) is 1. The monoisotopic (exact) mass is 648 g/mol. The van der Waals surface area contributed by atoms with Crippen LogP contribution in [0.3, 0.4) is 0 Å². The summed E-state index contributed by atoms with van der Waals surface area (Å²) in [6.07, 6.45) is 1.78. The zero-order valence-corrected chi connectivity index (χ0v) is 25.5. The van der Waals surface area contributed by atoms with Crippen LogP contribution in [0.5, 0.6) is 11.5 Å². The molecule has 0 bridgehead atoms. The van der Waals surface area contributed by atoms with Crippen LogP contribution in [0.25, 0.3) is 0 Å². The number of benzene rings is 3. The number of aromatic hydroxyl groups is 1. The Labute approximate surface area is 268 Å². The van der Waals surface area contributed by atoms with Crippen LogP contribution in [-0.4, -0.2) is 50.5 Å². The lowest BCUT2D eigenvalue weighted by Gasteiger charge is -2.50. The molecular formula is C34H27Cl2FN2O6. The smallest absolute Gasteiger partial charge is 0.258 e. The summed E-state index contributed by atoms with van der Waals surface area (Å²) in [5, 5.41) is 11.4. The highest BCUT2D eigenvalue weighted by molar-refractivity contribution is 6.58. The summed E-state index contributed by atoms with van der Waals surface area (Å²) in [5.74, 6) is -6.65. The number of hydrogen-bond donors (Lipinski definition) is 1. The SMILES string of the molecule is COc1cccc(C2C3=CCC4C(=O)N(Cc5ccccc5)C(=O)C4C3CC3(Cl)C(=O)N(c4ccc(F)cc4)C(=O)C23Cl)c1O. The van der Waals surface area contributed by atoms with E-state index in [1.54, 1.807) is 18.2 Å². The fourth-order valence-corrected chi connectivity index (χ4v) is 8.59. The van der Waals surface area contributed by atoms with Gasteiger partial charge in [0.1, 0.15) is 5.82 Å². The lowest BCUT2D eigenvalue weighted by Crippen LogP contribution is -2.60. The molecule has 0 spiro atoms. The first-order valence-electron chi connectivity index (χ1n) is 14.5. The number of imide groups is 2. The van der Waals surface area contributed by atoms with Gasteiger partial charge in [-0.1, -0.05) is 54.1 Å². The fraction of sp³-hybridized carbons (Fsp3) is 0.294. The summed E-state index contributed by atoms with van der Waals surface area (Å²) in [4.78, 5) is 54.3. The van der Waals surface area contributed by atoms with Gasteiger partial charge in [-0.2, -0.15) is 0 Å². The second-order valence-electron chi connectivity index (χ2n) is 11.9. The van der Waals surface area contributed by atoms with Crippen molar-refractivity contribution in [2.45, 2.75) is 35.1 Å². The number of amides is 4. The molecular weight excluding hydrogens is 622 g/mol. The maximum atomic E-state index is 14.4. The third-order valence-electron chi connectivity index (χ3n) is 9.73. The van der Waals surface area contributed by atoms with Crippen molar-refractivity contribution in [3.8, 4) is 11.5 Å². The number of nitrogens with zero attached hydrogens (tertiary/aromatic N) is 2. The number of methoxy groups -OCH3 is 1. The number of alkyl halides is 2. The predicted octanol–water partition coefficient (Wildman–Crippen LogP) is 5.30. The van der Waals surface area contributed by atoms with Crippen LogP contribution in [0.2, 0.25) is 0 Å². The van der Waals surface area contributed by atoms with E-state index in [1.807, 2.05) is 30.3 Å². The quantitative estimate of drug-likeness (QED) is 0.229. The van der Waals surface area contributed by atoms with Crippen LogP contribution in [0.1, 0.15) is 29.9 Å². The van der Waals surface area contributed by atoms with Gasteiger partial charge in [0.05, 0.1) is 31.2 Å². The Morgan fingerprint density at radius 1 is 0.911 bits per heavy atom. The summed E-state index contributed by atoms with van der Waals surface area (Å²) in [7, 11) is 1.37. The number of ether oxygens (including phenoxy) is 1. The van der Waals surface area contributed by atoms with Crippen molar-refractivity contribution in [3.05, 3.63) is 101 Å². The van der Waals surface area contributed by atoms with Crippen LogP contribution in [0, 0.1) is 23.6 Å². The van der Waals surface area contributed by atoms with Crippen LogP contribution >= 0.6 is 23.2 Å². The molecule has 7 rings (SSSR count). The molecule has 11 heteroatoms. The maximum absolute atomic E-state index is 14.4. The lowest BCUT2D eigenvalue weighted by molar-refractivity contribution is -0.141. The molecule has 2 aliphatic carbocycles. The minimum atomic E-state index is -2.16. The minimum absolute atomic E-state index is 0.0745. The molecule has 2 aliphatic heterocycles. The third-order valence-corrected chi connectivity index (χ3v) is 11.1. The van der Waals surface area contributed by atoms with Crippen molar-refractivity contribution >= 4 is 52.5 Å². The average Bonchev–Trinajstić information content (AvgIpc) is 3.36. The van der Waals surface area contributed by atoms with E-state index in [0.717, 1.165) is 22.6 Å². The zero-order chi connectivity index (χ0) is 31.8. The van der Waals surface area contributed by atoms with Crippen molar-refractivity contribution in [2.75, 3.05) is 12.0 Å². The van der Waals surface area contributed by atoms with Crippen molar-refractivity contribution in [1.29, 1.82) is 0 Å². The summed E-state index contributed by atoms with van der Waals surface area (Å²) < 4.78 is 19.2. The lowest BCUT2D eigenvalue weighted by atomic mass is 9.56. The molecule has 3 aromatic rings. The zero-order valence-electron chi connectivity index (χ0n) is 24.0.